The quantitative estimate of drug-likeness (QED) is 0.726. The number of rotatable bonds is 5. The third-order valence-corrected chi connectivity index (χ3v) is 5.86. The molecule has 1 heterocycles. The molecular weight excluding hydrogens is 356 g/mol. The predicted molar refractivity (Wildman–Crippen MR) is 104 cm³/mol. The second kappa shape index (κ2) is 8.92. The molecule has 0 unspecified atom stereocenters. The van der Waals surface area contributed by atoms with E-state index in [4.69, 9.17) is 9.47 Å². The molecule has 0 aromatic heterocycles. The van der Waals surface area contributed by atoms with Gasteiger partial charge in [0.2, 0.25) is 0 Å². The lowest BCUT2D eigenvalue weighted by Crippen LogP contribution is -2.37. The summed E-state index contributed by atoms with van der Waals surface area (Å²) in [5.41, 5.74) is 2.15. The van der Waals surface area contributed by atoms with Crippen molar-refractivity contribution in [2.45, 2.75) is 44.4 Å². The van der Waals surface area contributed by atoms with E-state index in [9.17, 15) is 14.9 Å². The summed E-state index contributed by atoms with van der Waals surface area (Å²) < 4.78 is 9.94. The Kier molecular flexibility index (Phi) is 6.35. The number of benzene rings is 1. The Bertz CT molecular complexity index is 799. The van der Waals surface area contributed by atoms with Gasteiger partial charge < -0.3 is 14.4 Å². The molecule has 1 aromatic carbocycles. The molecule has 1 aliphatic heterocycles. The average Bonchev–Trinajstić information content (AvgIpc) is 2.74. The van der Waals surface area contributed by atoms with Crippen LogP contribution in [0.25, 0.3) is 0 Å². The van der Waals surface area contributed by atoms with E-state index in [2.05, 4.69) is 12.1 Å². The van der Waals surface area contributed by atoms with Crippen LogP contribution in [0, 0.1) is 17.2 Å². The number of hydrogen-bond donors (Lipinski definition) is 0. The van der Waals surface area contributed by atoms with E-state index in [1.165, 1.54) is 19.8 Å². The Morgan fingerprint density at radius 1 is 1.18 bits per heavy atom. The van der Waals surface area contributed by atoms with Gasteiger partial charge in [-0.15, -0.1) is 0 Å². The molecule has 0 bridgehead atoms. The van der Waals surface area contributed by atoms with Crippen LogP contribution in [0.4, 0.5) is 5.69 Å². The standard InChI is InChI=1S/C22H26N2O4/c1-27-20-11-12-24(22(26)19(20)14-23)18-9-7-17(8-10-18)16-5-3-15(4-6-16)13-21(25)28-2/h7-10,15-16H,3-6,11-13H2,1-2H3/t15-,16-. The van der Waals surface area contributed by atoms with E-state index in [0.29, 0.717) is 37.0 Å². The van der Waals surface area contributed by atoms with Gasteiger partial charge in [0, 0.05) is 25.1 Å². The van der Waals surface area contributed by atoms with Crippen LogP contribution in [0.5, 0.6) is 0 Å². The maximum absolute atomic E-state index is 12.6. The topological polar surface area (TPSA) is 79.6 Å². The first kappa shape index (κ1) is 19.9. The van der Waals surface area contributed by atoms with Gasteiger partial charge in [0.1, 0.15) is 11.8 Å². The van der Waals surface area contributed by atoms with Crippen LogP contribution in [0.1, 0.15) is 50.0 Å². The van der Waals surface area contributed by atoms with E-state index in [1.807, 2.05) is 18.2 Å². The molecule has 28 heavy (non-hydrogen) atoms. The second-order valence-corrected chi connectivity index (χ2v) is 7.41. The molecule has 0 spiro atoms. The van der Waals surface area contributed by atoms with Crippen LogP contribution in [0.2, 0.25) is 0 Å². The molecule has 1 aromatic rings. The van der Waals surface area contributed by atoms with Crippen molar-refractivity contribution in [1.29, 1.82) is 5.26 Å². The smallest absolute Gasteiger partial charge is 0.305 e. The van der Waals surface area contributed by atoms with Gasteiger partial charge >= 0.3 is 5.97 Å². The molecule has 3 rings (SSSR count). The van der Waals surface area contributed by atoms with Crippen LogP contribution in [-0.4, -0.2) is 32.6 Å². The number of carbonyl (C=O) groups is 2. The number of nitrogens with zero attached hydrogens (tertiary/aromatic N) is 2. The highest BCUT2D eigenvalue weighted by Gasteiger charge is 2.29. The molecule has 1 saturated carbocycles. The van der Waals surface area contributed by atoms with E-state index in [1.54, 1.807) is 4.90 Å². The highest BCUT2D eigenvalue weighted by Crippen LogP contribution is 2.38. The largest absolute Gasteiger partial charge is 0.499 e. The average molecular weight is 382 g/mol. The molecule has 1 aliphatic carbocycles. The lowest BCUT2D eigenvalue weighted by atomic mass is 9.77. The summed E-state index contributed by atoms with van der Waals surface area (Å²) >= 11 is 0. The van der Waals surface area contributed by atoms with Crippen LogP contribution in [0.3, 0.4) is 0 Å². The zero-order valence-electron chi connectivity index (χ0n) is 16.4. The van der Waals surface area contributed by atoms with Crippen molar-refractivity contribution in [1.82, 2.24) is 0 Å². The monoisotopic (exact) mass is 382 g/mol. The normalized spacial score (nSPS) is 22.6. The minimum atomic E-state index is -0.304. The van der Waals surface area contributed by atoms with Crippen LogP contribution in [0.15, 0.2) is 35.6 Å². The third kappa shape index (κ3) is 4.19. The fraction of sp³-hybridized carbons (Fsp3) is 0.500. The summed E-state index contributed by atoms with van der Waals surface area (Å²) in [6, 6.07) is 10.0. The van der Waals surface area contributed by atoms with Crippen molar-refractivity contribution >= 4 is 17.6 Å². The van der Waals surface area contributed by atoms with Gasteiger partial charge in [-0.1, -0.05) is 12.1 Å². The van der Waals surface area contributed by atoms with Gasteiger partial charge in [0.05, 0.1) is 14.2 Å². The van der Waals surface area contributed by atoms with E-state index < -0.39 is 0 Å². The Hall–Kier alpha value is -2.81. The highest BCUT2D eigenvalue weighted by molar-refractivity contribution is 6.09. The number of esters is 1. The summed E-state index contributed by atoms with van der Waals surface area (Å²) in [7, 11) is 2.93. The van der Waals surface area contributed by atoms with Crippen LogP contribution < -0.4 is 4.90 Å². The maximum atomic E-state index is 12.6. The van der Waals surface area contributed by atoms with Crippen molar-refractivity contribution in [2.75, 3.05) is 25.7 Å². The van der Waals surface area contributed by atoms with Gasteiger partial charge in [-0.3, -0.25) is 9.59 Å². The van der Waals surface area contributed by atoms with Crippen LogP contribution >= 0.6 is 0 Å². The minimum absolute atomic E-state index is 0.0850. The lowest BCUT2D eigenvalue weighted by molar-refractivity contribution is -0.142. The zero-order valence-corrected chi connectivity index (χ0v) is 16.4. The fourth-order valence-electron chi connectivity index (χ4n) is 4.20. The molecule has 6 nitrogen and oxygen atoms in total. The zero-order chi connectivity index (χ0) is 20.1. The third-order valence-electron chi connectivity index (χ3n) is 5.86. The van der Waals surface area contributed by atoms with Gasteiger partial charge in [0.25, 0.3) is 5.91 Å². The first-order chi connectivity index (χ1) is 13.6. The number of anilines is 1. The molecule has 0 saturated heterocycles. The first-order valence-corrected chi connectivity index (χ1v) is 9.73. The van der Waals surface area contributed by atoms with Crippen molar-refractivity contribution in [3.8, 4) is 6.07 Å². The number of amides is 1. The predicted octanol–water partition coefficient (Wildman–Crippen LogP) is 3.68. The maximum Gasteiger partial charge on any atom is 0.305 e. The molecule has 1 amide bonds. The van der Waals surface area contributed by atoms with E-state index >= 15 is 0 Å². The second-order valence-electron chi connectivity index (χ2n) is 7.41. The lowest BCUT2D eigenvalue weighted by Gasteiger charge is -2.30. The van der Waals surface area contributed by atoms with E-state index in [0.717, 1.165) is 31.4 Å². The highest BCUT2D eigenvalue weighted by atomic mass is 16.5. The van der Waals surface area contributed by atoms with Crippen molar-refractivity contribution in [3.05, 3.63) is 41.2 Å². The van der Waals surface area contributed by atoms with E-state index in [-0.39, 0.29) is 17.4 Å². The Morgan fingerprint density at radius 3 is 2.43 bits per heavy atom. The Labute approximate surface area is 165 Å². The minimum Gasteiger partial charge on any atom is -0.499 e. The number of ether oxygens (including phenoxy) is 2. The summed E-state index contributed by atoms with van der Waals surface area (Å²) in [4.78, 5) is 25.7. The van der Waals surface area contributed by atoms with Crippen molar-refractivity contribution < 1.29 is 19.1 Å². The number of hydrogen-bond acceptors (Lipinski definition) is 5. The first-order valence-electron chi connectivity index (χ1n) is 9.73. The van der Waals surface area contributed by atoms with Gasteiger partial charge in [-0.05, 0) is 55.2 Å². The number of methoxy groups -OCH3 is 2. The molecular formula is C22H26N2O4. The Morgan fingerprint density at radius 2 is 1.86 bits per heavy atom. The molecule has 6 heteroatoms. The molecule has 0 atom stereocenters. The summed E-state index contributed by atoms with van der Waals surface area (Å²) in [5, 5.41) is 9.27. The van der Waals surface area contributed by atoms with Crippen molar-refractivity contribution in [3.63, 3.8) is 0 Å². The molecule has 0 N–H and O–H groups in total. The SMILES string of the molecule is COC(=O)C[C@H]1CC[C@H](c2ccc(N3CCC(OC)=C(C#N)C3=O)cc2)CC1. The number of carbonyl (C=O) groups excluding carboxylic acids is 2. The van der Waals surface area contributed by atoms with Gasteiger partial charge in [-0.25, -0.2) is 0 Å². The van der Waals surface area contributed by atoms with Gasteiger partial charge in [-0.2, -0.15) is 5.26 Å². The van der Waals surface area contributed by atoms with Crippen molar-refractivity contribution in [2.24, 2.45) is 5.92 Å². The van der Waals surface area contributed by atoms with Gasteiger partial charge in [0.15, 0.2) is 5.57 Å². The summed E-state index contributed by atoms with van der Waals surface area (Å²) in [6.07, 6.45) is 5.23. The fourth-order valence-corrected chi connectivity index (χ4v) is 4.20. The Balaban J connectivity index is 1.64. The number of nitriles is 1. The summed E-state index contributed by atoms with van der Waals surface area (Å²) in [6.45, 7) is 0.505. The van der Waals surface area contributed by atoms with Crippen LogP contribution in [-0.2, 0) is 19.1 Å². The summed E-state index contributed by atoms with van der Waals surface area (Å²) in [5.74, 6) is 0.932. The molecule has 148 valence electrons. The molecule has 2 aliphatic rings. The molecule has 0 radical (unpaired) electrons. The molecule has 1 fully saturated rings.